The van der Waals surface area contributed by atoms with E-state index in [0.717, 1.165) is 33.1 Å². The van der Waals surface area contributed by atoms with Gasteiger partial charge in [0.1, 0.15) is 0 Å². The molecule has 0 saturated heterocycles. The average molecular weight is 531 g/mol. The fourth-order valence-corrected chi connectivity index (χ4v) is 2.75. The van der Waals surface area contributed by atoms with Gasteiger partial charge in [-0.05, 0) is 59.6 Å². The van der Waals surface area contributed by atoms with E-state index in [0.29, 0.717) is 11.3 Å². The fraction of sp³-hybridized carbons (Fsp3) is 0. The summed E-state index contributed by atoms with van der Waals surface area (Å²) in [5, 5.41) is 0. The molecule has 0 saturated carbocycles. The molecule has 0 spiro atoms. The molecule has 0 unspecified atom stereocenters. The van der Waals surface area contributed by atoms with E-state index >= 15 is 0 Å². The summed E-state index contributed by atoms with van der Waals surface area (Å²) in [5.41, 5.74) is 5.91. The van der Waals surface area contributed by atoms with Crippen molar-refractivity contribution in [1.29, 1.82) is 0 Å². The second-order valence-corrected chi connectivity index (χ2v) is 5.86. The Kier molecular flexibility index (Phi) is 4.65. The third-order valence-electron chi connectivity index (χ3n) is 3.88. The van der Waals surface area contributed by atoms with Crippen LogP contribution in [0, 0.1) is 0 Å². The van der Waals surface area contributed by atoms with Crippen LogP contribution in [0.2, 0.25) is 0 Å². The Morgan fingerprint density at radius 2 is 0.963 bits per heavy atom. The Hall–Kier alpha value is -3.11. The predicted molar refractivity (Wildman–Crippen MR) is 101 cm³/mol. The third-order valence-corrected chi connectivity index (χ3v) is 3.88. The van der Waals surface area contributed by atoms with Crippen molar-refractivity contribution in [3.8, 4) is 0 Å². The molecule has 8 bridgehead atoms. The van der Waals surface area contributed by atoms with Crippen molar-refractivity contribution in [3.05, 3.63) is 73.1 Å². The third kappa shape index (κ3) is 3.86. The molecule has 132 valence electrons. The van der Waals surface area contributed by atoms with Gasteiger partial charge in [0.15, 0.2) is 0 Å². The van der Waals surface area contributed by atoms with Crippen LogP contribution < -0.4 is 9.97 Å². The number of imidazole rings is 2. The van der Waals surface area contributed by atoms with Gasteiger partial charge in [-0.2, -0.15) is 0 Å². The first kappa shape index (κ1) is 17.3. The number of aromatic nitrogens is 6. The van der Waals surface area contributed by atoms with Crippen LogP contribution in [-0.4, -0.2) is 19.9 Å². The van der Waals surface area contributed by atoms with Gasteiger partial charge in [-0.25, -0.2) is 9.97 Å². The van der Waals surface area contributed by atoms with E-state index in [1.807, 2.05) is 60.7 Å². The van der Waals surface area contributed by atoms with Gasteiger partial charge in [-0.3, -0.25) is 0 Å². The van der Waals surface area contributed by atoms with Crippen molar-refractivity contribution in [2.24, 2.45) is 0 Å². The van der Waals surface area contributed by atoms with Gasteiger partial charge in [0, 0.05) is 0 Å². The van der Waals surface area contributed by atoms with Gasteiger partial charge in [0.2, 0.25) is 0 Å². The van der Waals surface area contributed by atoms with Crippen molar-refractivity contribution >= 4 is 44.4 Å². The minimum absolute atomic E-state index is 0. The summed E-state index contributed by atoms with van der Waals surface area (Å²) in [6.07, 6.45) is 3.45. The van der Waals surface area contributed by atoms with Crippen molar-refractivity contribution < 1.29 is 21.1 Å². The summed E-state index contributed by atoms with van der Waals surface area (Å²) in [6.45, 7) is 0. The Labute approximate surface area is 168 Å². The molecule has 5 aromatic rings. The Balaban J connectivity index is 0.00000180. The van der Waals surface area contributed by atoms with Crippen LogP contribution in [0.25, 0.3) is 44.4 Å². The molecule has 5 heterocycles. The predicted octanol–water partition coefficient (Wildman–Crippen LogP) is 3.48. The number of nitrogens with zero attached hydrogens (tertiary/aromatic N) is 6. The molecule has 0 aromatic carbocycles. The maximum atomic E-state index is 4.60. The monoisotopic (exact) mass is 531 g/mol. The molecule has 7 heteroatoms. The smallest absolute Gasteiger partial charge is 0.442 e. The zero-order valence-electron chi connectivity index (χ0n) is 13.9. The summed E-state index contributed by atoms with van der Waals surface area (Å²) in [5.74, 6) is 0. The van der Waals surface area contributed by atoms with E-state index in [4.69, 9.17) is 0 Å². The molecule has 0 N–H and O–H groups in total. The van der Waals surface area contributed by atoms with Crippen LogP contribution in [-0.2, 0) is 21.1 Å². The van der Waals surface area contributed by atoms with E-state index in [1.165, 1.54) is 0 Å². The minimum atomic E-state index is 0. The first-order chi connectivity index (χ1) is 12.8. The van der Waals surface area contributed by atoms with Gasteiger partial charge in [0.25, 0.3) is 0 Å². The quantitative estimate of drug-likeness (QED) is 0.305. The Morgan fingerprint density at radius 1 is 0.556 bits per heavy atom. The maximum Gasteiger partial charge on any atom is 2.00 e. The van der Waals surface area contributed by atoms with Crippen LogP contribution in [0.4, 0.5) is 0 Å². The number of rotatable bonds is 0. The summed E-state index contributed by atoms with van der Waals surface area (Å²) in [6, 6.07) is 19.1. The summed E-state index contributed by atoms with van der Waals surface area (Å²) >= 11 is 0. The van der Waals surface area contributed by atoms with Crippen molar-refractivity contribution in [2.45, 2.75) is 0 Å². The van der Waals surface area contributed by atoms with Crippen LogP contribution in [0.1, 0.15) is 0 Å². The molecule has 0 aliphatic rings. The van der Waals surface area contributed by atoms with E-state index in [-0.39, 0.29) is 21.1 Å². The van der Waals surface area contributed by atoms with E-state index in [1.54, 1.807) is 12.4 Å². The molecule has 6 nitrogen and oxygen atoms in total. The van der Waals surface area contributed by atoms with Gasteiger partial charge in [-0.15, -0.1) is 0 Å². The zero-order chi connectivity index (χ0) is 17.3. The molecular formula is C20H12N6Pt. The molecule has 0 radical (unpaired) electrons. The van der Waals surface area contributed by atoms with Gasteiger partial charge in [0.05, 0.1) is 22.1 Å². The van der Waals surface area contributed by atoms with E-state index in [9.17, 15) is 0 Å². The van der Waals surface area contributed by atoms with Crippen LogP contribution in [0.3, 0.4) is 0 Å². The standard InChI is InChI=1S/C20H12N6.Pt/c1-3-13-7-17-11-22-20(25-17)10-16-6-2-4-14(24-16)8-18-12-21-19(26-18)9-15(5-1)23-13;/h1-12H;/q-2;+2. The number of fused-ring (bicyclic) bond motifs is 8. The van der Waals surface area contributed by atoms with Crippen molar-refractivity contribution in [3.63, 3.8) is 0 Å². The largest absolute Gasteiger partial charge is 2.00 e. The molecule has 0 amide bonds. The maximum absolute atomic E-state index is 4.60. The van der Waals surface area contributed by atoms with Crippen molar-refractivity contribution in [1.82, 2.24) is 29.9 Å². The van der Waals surface area contributed by atoms with Crippen LogP contribution in [0.5, 0.6) is 0 Å². The summed E-state index contributed by atoms with van der Waals surface area (Å²) < 4.78 is 0. The molecule has 5 aromatic heterocycles. The molecule has 0 fully saturated rings. The first-order valence-corrected chi connectivity index (χ1v) is 8.13. The van der Waals surface area contributed by atoms with E-state index in [2.05, 4.69) is 29.9 Å². The average Bonchev–Trinajstić information content (AvgIpc) is 3.24. The van der Waals surface area contributed by atoms with Crippen molar-refractivity contribution in [2.75, 3.05) is 0 Å². The topological polar surface area (TPSA) is 79.8 Å². The van der Waals surface area contributed by atoms with E-state index < -0.39 is 0 Å². The van der Waals surface area contributed by atoms with Gasteiger partial charge >= 0.3 is 21.1 Å². The molecule has 0 aliphatic carbocycles. The summed E-state index contributed by atoms with van der Waals surface area (Å²) in [4.78, 5) is 26.9. The van der Waals surface area contributed by atoms with Crippen LogP contribution >= 0.6 is 0 Å². The molecular weight excluding hydrogens is 519 g/mol. The minimum Gasteiger partial charge on any atom is -0.442 e. The normalized spacial score (nSPS) is 10.7. The molecule has 5 rings (SSSR count). The summed E-state index contributed by atoms with van der Waals surface area (Å²) in [7, 11) is 0. The second-order valence-electron chi connectivity index (χ2n) is 5.86. The Morgan fingerprint density at radius 3 is 1.41 bits per heavy atom. The molecule has 0 atom stereocenters. The molecule has 27 heavy (non-hydrogen) atoms. The Bertz CT molecular complexity index is 1160. The number of hydrogen-bond donors (Lipinski definition) is 0. The number of hydrogen-bond acceptors (Lipinski definition) is 4. The van der Waals surface area contributed by atoms with Gasteiger partial charge < -0.3 is 19.9 Å². The number of pyridine rings is 2. The SMILES string of the molecule is [Pt+2].c1cc2cc3cnc(cc4cccc(cc5cnc(cc(c1)n2)[n-]5)n4)[n-]3. The first-order valence-electron chi connectivity index (χ1n) is 8.13. The van der Waals surface area contributed by atoms with Gasteiger partial charge in [-0.1, -0.05) is 35.8 Å². The van der Waals surface area contributed by atoms with Crippen LogP contribution in [0.15, 0.2) is 73.1 Å². The zero-order valence-corrected chi connectivity index (χ0v) is 16.2. The second kappa shape index (κ2) is 7.25. The molecule has 0 aliphatic heterocycles. The fourth-order valence-electron chi connectivity index (χ4n) is 2.75.